The van der Waals surface area contributed by atoms with Gasteiger partial charge >= 0.3 is 0 Å². The minimum absolute atomic E-state index is 0.128. The van der Waals surface area contributed by atoms with Gasteiger partial charge in [-0.3, -0.25) is 9.59 Å². The maximum atomic E-state index is 11.8. The largest absolute Gasteiger partial charge is 0.326 e. The monoisotopic (exact) mass is 599 g/mol. The number of benzene rings is 4. The quantitative estimate of drug-likeness (QED) is 0.199. The van der Waals surface area contributed by atoms with E-state index in [1.165, 1.54) is 13.8 Å². The Balaban J connectivity index is 1.37. The molecule has 0 atom stereocenters. The highest BCUT2D eigenvalue weighted by atomic mass is 16.2. The van der Waals surface area contributed by atoms with Crippen LogP contribution >= 0.6 is 0 Å². The van der Waals surface area contributed by atoms with Gasteiger partial charge < -0.3 is 10.6 Å². The summed E-state index contributed by atoms with van der Waals surface area (Å²) in [5, 5.41) is 7.63. The van der Waals surface area contributed by atoms with Crippen molar-refractivity contribution >= 4 is 45.0 Å². The molecule has 0 radical (unpaired) electrons. The third-order valence-electron chi connectivity index (χ3n) is 7.70. The van der Waals surface area contributed by atoms with E-state index in [0.717, 1.165) is 55.4 Å². The molecule has 0 bridgehead atoms. The molecule has 2 amide bonds. The fourth-order valence-electron chi connectivity index (χ4n) is 5.71. The first-order valence-electron chi connectivity index (χ1n) is 14.9. The van der Waals surface area contributed by atoms with E-state index < -0.39 is 0 Å². The molecule has 2 N–H and O–H groups in total. The standard InChI is InChI=1S/C39H29N5O2/c1-24(45)40-28-16-18-34-32(20-28)30(26-10-5-3-6-11-26)22-38(42-34)36-14-9-15-37(44-36)39-23-31(27-12-7-4-8-13-27)33-21-29(41-25(2)46)17-19-35(33)43-39/h3-23H,1-2H3,(H,40,45)(H,41,46). The molecule has 0 saturated heterocycles. The highest BCUT2D eigenvalue weighted by molar-refractivity contribution is 6.01. The van der Waals surface area contributed by atoms with E-state index in [-0.39, 0.29) is 11.8 Å². The Bertz CT molecular complexity index is 2110. The average molecular weight is 600 g/mol. The molecular formula is C39H29N5O2. The van der Waals surface area contributed by atoms with Gasteiger partial charge in [0.05, 0.1) is 33.8 Å². The van der Waals surface area contributed by atoms with Crippen molar-refractivity contribution in [1.82, 2.24) is 15.0 Å². The maximum absolute atomic E-state index is 11.8. The summed E-state index contributed by atoms with van der Waals surface area (Å²) in [6.45, 7) is 3.00. The summed E-state index contributed by atoms with van der Waals surface area (Å²) in [6, 6.07) is 41.7. The molecule has 7 rings (SSSR count). The van der Waals surface area contributed by atoms with Crippen LogP contribution in [0.5, 0.6) is 0 Å². The van der Waals surface area contributed by atoms with Crippen molar-refractivity contribution in [2.75, 3.05) is 10.6 Å². The Hall–Kier alpha value is -6.21. The van der Waals surface area contributed by atoms with E-state index in [1.54, 1.807) is 0 Å². The summed E-state index contributed by atoms with van der Waals surface area (Å²) in [6.07, 6.45) is 0. The highest BCUT2D eigenvalue weighted by Crippen LogP contribution is 2.36. The molecule has 4 aromatic carbocycles. The fraction of sp³-hybridized carbons (Fsp3) is 0.0513. The predicted molar refractivity (Wildman–Crippen MR) is 185 cm³/mol. The van der Waals surface area contributed by atoms with Crippen LogP contribution in [0.2, 0.25) is 0 Å². The second-order valence-corrected chi connectivity index (χ2v) is 11.1. The van der Waals surface area contributed by atoms with Crippen LogP contribution in [-0.4, -0.2) is 26.8 Å². The van der Waals surface area contributed by atoms with E-state index >= 15 is 0 Å². The van der Waals surface area contributed by atoms with Gasteiger partial charge in [-0.2, -0.15) is 0 Å². The van der Waals surface area contributed by atoms with Crippen LogP contribution in [0.25, 0.3) is 66.8 Å². The minimum atomic E-state index is -0.128. The molecule has 7 nitrogen and oxygen atoms in total. The topological polar surface area (TPSA) is 96.9 Å². The number of amides is 2. The fourth-order valence-corrected chi connectivity index (χ4v) is 5.71. The summed E-state index contributed by atoms with van der Waals surface area (Å²) in [5.41, 5.74) is 9.96. The van der Waals surface area contributed by atoms with Crippen molar-refractivity contribution < 1.29 is 9.59 Å². The summed E-state index contributed by atoms with van der Waals surface area (Å²) in [7, 11) is 0. The number of pyridine rings is 3. The zero-order valence-corrected chi connectivity index (χ0v) is 25.3. The number of rotatable bonds is 6. The first-order chi connectivity index (χ1) is 22.4. The number of anilines is 2. The van der Waals surface area contributed by atoms with Crippen LogP contribution in [0.15, 0.2) is 127 Å². The number of nitrogens with one attached hydrogen (secondary N) is 2. The predicted octanol–water partition coefficient (Wildman–Crippen LogP) is 8.76. The molecule has 3 aromatic heterocycles. The first kappa shape index (κ1) is 28.6. The van der Waals surface area contributed by atoms with E-state index in [0.29, 0.717) is 22.8 Å². The lowest BCUT2D eigenvalue weighted by Crippen LogP contribution is -2.05. The number of nitrogens with zero attached hydrogens (tertiary/aromatic N) is 3. The molecule has 0 aliphatic carbocycles. The van der Waals surface area contributed by atoms with Crippen LogP contribution in [0.3, 0.4) is 0 Å². The molecule has 0 fully saturated rings. The first-order valence-corrected chi connectivity index (χ1v) is 14.9. The Morgan fingerprint density at radius 2 is 0.891 bits per heavy atom. The summed E-state index contributed by atoms with van der Waals surface area (Å²) in [4.78, 5) is 38.6. The van der Waals surface area contributed by atoms with Gasteiger partial charge in [-0.05, 0) is 82.9 Å². The molecule has 7 aromatic rings. The SMILES string of the molecule is CC(=O)Nc1ccc2nc(-c3cccc(-c4cc(-c5ccccc5)c5cc(NC(C)=O)ccc5n4)n3)cc(-c3ccccc3)c2c1. The smallest absolute Gasteiger partial charge is 0.221 e. The molecule has 222 valence electrons. The lowest BCUT2D eigenvalue weighted by atomic mass is 9.98. The van der Waals surface area contributed by atoms with E-state index in [1.807, 2.05) is 103 Å². The summed E-state index contributed by atoms with van der Waals surface area (Å²) in [5.74, 6) is -0.255. The van der Waals surface area contributed by atoms with Crippen molar-refractivity contribution in [2.24, 2.45) is 0 Å². The Kier molecular flexibility index (Phi) is 7.48. The molecule has 7 heteroatoms. The zero-order chi connectivity index (χ0) is 31.6. The van der Waals surface area contributed by atoms with Gasteiger partial charge in [0.1, 0.15) is 0 Å². The van der Waals surface area contributed by atoms with Gasteiger partial charge in [0.25, 0.3) is 0 Å². The van der Waals surface area contributed by atoms with Crippen molar-refractivity contribution in [2.45, 2.75) is 13.8 Å². The van der Waals surface area contributed by atoms with E-state index in [4.69, 9.17) is 15.0 Å². The van der Waals surface area contributed by atoms with E-state index in [9.17, 15) is 9.59 Å². The molecule has 0 aliphatic heterocycles. The van der Waals surface area contributed by atoms with Crippen LogP contribution in [0.4, 0.5) is 11.4 Å². The van der Waals surface area contributed by atoms with Crippen LogP contribution < -0.4 is 10.6 Å². The lowest BCUT2D eigenvalue weighted by molar-refractivity contribution is -0.115. The Morgan fingerprint density at radius 1 is 0.457 bits per heavy atom. The average Bonchev–Trinajstić information content (AvgIpc) is 3.07. The van der Waals surface area contributed by atoms with Gasteiger partial charge in [-0.1, -0.05) is 66.7 Å². The Morgan fingerprint density at radius 3 is 1.30 bits per heavy atom. The second kappa shape index (κ2) is 12.1. The molecule has 3 heterocycles. The molecule has 0 saturated carbocycles. The van der Waals surface area contributed by atoms with Gasteiger partial charge in [-0.15, -0.1) is 0 Å². The third-order valence-corrected chi connectivity index (χ3v) is 7.70. The minimum Gasteiger partial charge on any atom is -0.326 e. The van der Waals surface area contributed by atoms with Gasteiger partial charge in [-0.25, -0.2) is 15.0 Å². The number of carbonyl (C=O) groups excluding carboxylic acids is 2. The number of fused-ring (bicyclic) bond motifs is 2. The summed E-state index contributed by atoms with van der Waals surface area (Å²) < 4.78 is 0. The van der Waals surface area contributed by atoms with Gasteiger partial charge in [0.15, 0.2) is 0 Å². The van der Waals surface area contributed by atoms with Gasteiger partial charge in [0.2, 0.25) is 11.8 Å². The molecular weight excluding hydrogens is 570 g/mol. The van der Waals surface area contributed by atoms with Crippen LogP contribution in [-0.2, 0) is 9.59 Å². The van der Waals surface area contributed by atoms with Crippen molar-refractivity contribution in [3.63, 3.8) is 0 Å². The van der Waals surface area contributed by atoms with Crippen molar-refractivity contribution in [1.29, 1.82) is 0 Å². The maximum Gasteiger partial charge on any atom is 0.221 e. The second-order valence-electron chi connectivity index (χ2n) is 11.1. The number of hydrogen-bond donors (Lipinski definition) is 2. The van der Waals surface area contributed by atoms with Crippen molar-refractivity contribution in [3.05, 3.63) is 127 Å². The van der Waals surface area contributed by atoms with Crippen molar-refractivity contribution in [3.8, 4) is 45.0 Å². The van der Waals surface area contributed by atoms with Gasteiger partial charge in [0, 0.05) is 36.0 Å². The van der Waals surface area contributed by atoms with Crippen LogP contribution in [0, 0.1) is 0 Å². The lowest BCUT2D eigenvalue weighted by Gasteiger charge is -2.13. The summed E-state index contributed by atoms with van der Waals surface area (Å²) >= 11 is 0. The molecule has 0 spiro atoms. The highest BCUT2D eigenvalue weighted by Gasteiger charge is 2.15. The molecule has 46 heavy (non-hydrogen) atoms. The zero-order valence-electron chi connectivity index (χ0n) is 25.3. The van der Waals surface area contributed by atoms with Crippen LogP contribution in [0.1, 0.15) is 13.8 Å². The normalized spacial score (nSPS) is 11.0. The van der Waals surface area contributed by atoms with E-state index in [2.05, 4.69) is 34.9 Å². The Labute approximate surface area is 266 Å². The number of aromatic nitrogens is 3. The third kappa shape index (κ3) is 5.81. The molecule has 0 aliphatic rings. The number of hydrogen-bond acceptors (Lipinski definition) is 5. The molecule has 0 unspecified atom stereocenters. The number of carbonyl (C=O) groups is 2.